The van der Waals surface area contributed by atoms with Gasteiger partial charge in [0, 0.05) is 12.3 Å². The van der Waals surface area contributed by atoms with Gasteiger partial charge in [0.25, 0.3) is 5.91 Å². The predicted molar refractivity (Wildman–Crippen MR) is 162 cm³/mol. The molecule has 0 bridgehead atoms. The van der Waals surface area contributed by atoms with Crippen LogP contribution in [0, 0.1) is 5.92 Å². The molecule has 4 N–H and O–H groups in total. The average Bonchev–Trinajstić information content (AvgIpc) is 3.58. The number of alkyl carbamates (subject to hydrolysis) is 1. The van der Waals surface area contributed by atoms with Crippen molar-refractivity contribution in [2.75, 3.05) is 6.61 Å². The first kappa shape index (κ1) is 29.5. The number of fused-ring (bicyclic) bond motifs is 3. The lowest BCUT2D eigenvalue weighted by Crippen LogP contribution is -2.46. The van der Waals surface area contributed by atoms with Crippen LogP contribution in [0.3, 0.4) is 0 Å². The summed E-state index contributed by atoms with van der Waals surface area (Å²) in [5, 5.41) is 13.7. The highest BCUT2D eigenvalue weighted by Gasteiger charge is 2.29. The van der Waals surface area contributed by atoms with Gasteiger partial charge >= 0.3 is 6.09 Å². The van der Waals surface area contributed by atoms with E-state index in [-0.39, 0.29) is 43.1 Å². The molecule has 4 aromatic rings. The van der Waals surface area contributed by atoms with E-state index in [1.165, 1.54) is 10.9 Å². The van der Waals surface area contributed by atoms with Crippen molar-refractivity contribution in [3.05, 3.63) is 107 Å². The molecule has 1 aliphatic carbocycles. The molecule has 2 atom stereocenters. The fourth-order valence-electron chi connectivity index (χ4n) is 5.58. The third-order valence-electron chi connectivity index (χ3n) is 7.53. The standard InChI is InChI=1S/C33H36N6O4/c1-21(2)16-23(35-33(42)43-20-28-26-14-8-6-12-24(26)25-13-7-9-15-27(25)28)18-39-19-30(37-38-39)32(41)36-29(31(34)40)17-22-10-4-3-5-11-22/h3-15,19,21,23,28-29H,16-18,20H2,1-2H3,(H2,34,40)(H,35,42)(H,36,41). The molecule has 222 valence electrons. The first-order chi connectivity index (χ1) is 20.8. The van der Waals surface area contributed by atoms with Crippen LogP contribution in [0.1, 0.15) is 53.4 Å². The third-order valence-corrected chi connectivity index (χ3v) is 7.53. The smallest absolute Gasteiger partial charge is 0.407 e. The predicted octanol–water partition coefficient (Wildman–Crippen LogP) is 4.06. The van der Waals surface area contributed by atoms with Crippen molar-refractivity contribution in [3.63, 3.8) is 0 Å². The minimum atomic E-state index is -0.899. The Kier molecular flexibility index (Phi) is 9.14. The van der Waals surface area contributed by atoms with Gasteiger partial charge in [-0.2, -0.15) is 0 Å². The molecule has 2 unspecified atom stereocenters. The van der Waals surface area contributed by atoms with Crippen molar-refractivity contribution in [2.24, 2.45) is 11.7 Å². The molecule has 0 spiro atoms. The number of primary amides is 1. The Balaban J connectivity index is 1.19. The van der Waals surface area contributed by atoms with Gasteiger partial charge in [0.05, 0.1) is 18.8 Å². The van der Waals surface area contributed by atoms with Crippen LogP contribution < -0.4 is 16.4 Å². The molecule has 3 amide bonds. The van der Waals surface area contributed by atoms with Gasteiger partial charge < -0.3 is 21.1 Å². The molecule has 0 radical (unpaired) electrons. The van der Waals surface area contributed by atoms with Gasteiger partial charge in [0.2, 0.25) is 5.91 Å². The van der Waals surface area contributed by atoms with E-state index >= 15 is 0 Å². The van der Waals surface area contributed by atoms with E-state index in [4.69, 9.17) is 10.5 Å². The summed E-state index contributed by atoms with van der Waals surface area (Å²) in [6, 6.07) is 24.5. The molecule has 3 aromatic carbocycles. The maximum Gasteiger partial charge on any atom is 0.407 e. The number of amides is 3. The van der Waals surface area contributed by atoms with Crippen molar-refractivity contribution in [2.45, 2.75) is 51.2 Å². The zero-order valence-electron chi connectivity index (χ0n) is 24.3. The number of hydrogen-bond donors (Lipinski definition) is 3. The summed E-state index contributed by atoms with van der Waals surface area (Å²) in [6.45, 7) is 4.62. The number of benzene rings is 3. The summed E-state index contributed by atoms with van der Waals surface area (Å²) in [6.07, 6.45) is 1.89. The number of carbonyl (C=O) groups is 3. The van der Waals surface area contributed by atoms with Gasteiger partial charge in [-0.15, -0.1) is 5.10 Å². The average molecular weight is 581 g/mol. The van der Waals surface area contributed by atoms with E-state index in [0.717, 1.165) is 27.8 Å². The molecule has 10 heteroatoms. The summed E-state index contributed by atoms with van der Waals surface area (Å²) in [7, 11) is 0. The second-order valence-electron chi connectivity index (χ2n) is 11.2. The van der Waals surface area contributed by atoms with Crippen molar-refractivity contribution in [1.29, 1.82) is 0 Å². The second-order valence-corrected chi connectivity index (χ2v) is 11.2. The lowest BCUT2D eigenvalue weighted by atomic mass is 9.98. The maximum absolute atomic E-state index is 13.0. The van der Waals surface area contributed by atoms with E-state index in [1.54, 1.807) is 0 Å². The van der Waals surface area contributed by atoms with Gasteiger partial charge in [-0.25, -0.2) is 9.48 Å². The Morgan fingerprint density at radius 3 is 2.16 bits per heavy atom. The Hall–Kier alpha value is -4.99. The van der Waals surface area contributed by atoms with Crippen molar-refractivity contribution >= 4 is 17.9 Å². The van der Waals surface area contributed by atoms with Gasteiger partial charge in [0.15, 0.2) is 5.69 Å². The van der Waals surface area contributed by atoms with Crippen LogP contribution in [0.25, 0.3) is 11.1 Å². The molecule has 0 saturated heterocycles. The van der Waals surface area contributed by atoms with E-state index < -0.39 is 23.9 Å². The van der Waals surface area contributed by atoms with Gasteiger partial charge in [-0.3, -0.25) is 9.59 Å². The molecule has 0 saturated carbocycles. The minimum absolute atomic E-state index is 0.0378. The van der Waals surface area contributed by atoms with Crippen LogP contribution in [-0.2, 0) is 22.5 Å². The number of nitrogens with zero attached hydrogens (tertiary/aromatic N) is 3. The van der Waals surface area contributed by atoms with E-state index in [9.17, 15) is 14.4 Å². The van der Waals surface area contributed by atoms with Crippen LogP contribution >= 0.6 is 0 Å². The fraction of sp³-hybridized carbons (Fsp3) is 0.303. The monoisotopic (exact) mass is 580 g/mol. The lowest BCUT2D eigenvalue weighted by Gasteiger charge is -2.21. The lowest BCUT2D eigenvalue weighted by molar-refractivity contribution is -0.119. The fourth-order valence-corrected chi connectivity index (χ4v) is 5.58. The molecular weight excluding hydrogens is 544 g/mol. The van der Waals surface area contributed by atoms with Crippen LogP contribution in [0.15, 0.2) is 85.1 Å². The van der Waals surface area contributed by atoms with Crippen molar-refractivity contribution in [1.82, 2.24) is 25.6 Å². The van der Waals surface area contributed by atoms with Crippen LogP contribution in [-0.4, -0.2) is 51.6 Å². The first-order valence-corrected chi connectivity index (χ1v) is 14.4. The highest BCUT2D eigenvalue weighted by Crippen LogP contribution is 2.44. The summed E-state index contributed by atoms with van der Waals surface area (Å²) >= 11 is 0. The topological polar surface area (TPSA) is 141 Å². The van der Waals surface area contributed by atoms with Gasteiger partial charge in [0.1, 0.15) is 12.6 Å². The number of ether oxygens (including phenoxy) is 1. The quantitative estimate of drug-likeness (QED) is 0.231. The molecule has 1 aliphatic rings. The first-order valence-electron chi connectivity index (χ1n) is 14.4. The van der Waals surface area contributed by atoms with E-state index in [1.807, 2.05) is 54.6 Å². The van der Waals surface area contributed by atoms with Crippen molar-refractivity contribution < 1.29 is 19.1 Å². The number of nitrogens with two attached hydrogens (primary N) is 1. The summed E-state index contributed by atoms with van der Waals surface area (Å²) in [4.78, 5) is 37.8. The maximum atomic E-state index is 13.0. The van der Waals surface area contributed by atoms with Gasteiger partial charge in [-0.1, -0.05) is 97.9 Å². The summed E-state index contributed by atoms with van der Waals surface area (Å²) in [5.74, 6) is -0.964. The van der Waals surface area contributed by atoms with Crippen LogP contribution in [0.4, 0.5) is 4.79 Å². The van der Waals surface area contributed by atoms with Crippen molar-refractivity contribution in [3.8, 4) is 11.1 Å². The zero-order valence-corrected chi connectivity index (χ0v) is 24.3. The number of carbonyl (C=O) groups excluding carboxylic acids is 3. The highest BCUT2D eigenvalue weighted by atomic mass is 16.5. The molecule has 5 rings (SSSR count). The zero-order chi connectivity index (χ0) is 30.3. The normalized spacial score (nSPS) is 13.6. The minimum Gasteiger partial charge on any atom is -0.449 e. The highest BCUT2D eigenvalue weighted by molar-refractivity contribution is 5.95. The number of rotatable bonds is 12. The summed E-state index contributed by atoms with van der Waals surface area (Å²) < 4.78 is 7.25. The number of hydrogen-bond acceptors (Lipinski definition) is 6. The van der Waals surface area contributed by atoms with Crippen LogP contribution in [0.5, 0.6) is 0 Å². The number of aromatic nitrogens is 3. The molecular formula is C33H36N6O4. The largest absolute Gasteiger partial charge is 0.449 e. The van der Waals surface area contributed by atoms with E-state index in [0.29, 0.717) is 6.42 Å². The number of nitrogens with one attached hydrogen (secondary N) is 2. The second kappa shape index (κ2) is 13.3. The molecule has 0 aliphatic heterocycles. The SMILES string of the molecule is CC(C)CC(Cn1cc(C(=O)NC(Cc2ccccc2)C(N)=O)nn1)NC(=O)OCC1c2ccccc2-c2ccccc21. The molecule has 1 heterocycles. The molecule has 43 heavy (non-hydrogen) atoms. The molecule has 0 fully saturated rings. The molecule has 10 nitrogen and oxygen atoms in total. The summed E-state index contributed by atoms with van der Waals surface area (Å²) in [5.41, 5.74) is 11.1. The Morgan fingerprint density at radius 2 is 1.53 bits per heavy atom. The Bertz CT molecular complexity index is 1540. The van der Waals surface area contributed by atoms with Gasteiger partial charge in [-0.05, 0) is 40.2 Å². The Labute approximate surface area is 250 Å². The van der Waals surface area contributed by atoms with Crippen LogP contribution in [0.2, 0.25) is 0 Å². The van der Waals surface area contributed by atoms with E-state index in [2.05, 4.69) is 59.1 Å². The third kappa shape index (κ3) is 7.27. The Morgan fingerprint density at radius 1 is 0.907 bits per heavy atom. The molecule has 1 aromatic heterocycles.